The highest BCUT2D eigenvalue weighted by Crippen LogP contribution is 2.26. The minimum absolute atomic E-state index is 0.0931. The van der Waals surface area contributed by atoms with Gasteiger partial charge in [-0.05, 0) is 30.9 Å². The molecule has 0 aliphatic carbocycles. The molecule has 1 saturated heterocycles. The van der Waals surface area contributed by atoms with Crippen molar-refractivity contribution in [1.29, 1.82) is 0 Å². The maximum absolute atomic E-state index is 11.5. The number of hydrogen-bond donors (Lipinski definition) is 1. The van der Waals surface area contributed by atoms with Gasteiger partial charge in [0.15, 0.2) is 5.82 Å². The van der Waals surface area contributed by atoms with Crippen LogP contribution in [-0.4, -0.2) is 29.2 Å². The molecule has 1 aliphatic rings. The molecule has 0 spiro atoms. The number of hydrogen-bond acceptors (Lipinski definition) is 4. The number of benzene rings is 1. The first-order valence-electron chi connectivity index (χ1n) is 8.15. The monoisotopic (exact) mass is 310 g/mol. The van der Waals surface area contributed by atoms with E-state index in [1.54, 1.807) is 0 Å². The molecule has 0 saturated carbocycles. The summed E-state index contributed by atoms with van der Waals surface area (Å²) in [5.74, 6) is 0.524. The van der Waals surface area contributed by atoms with E-state index in [-0.39, 0.29) is 11.8 Å². The molecule has 1 aliphatic heterocycles. The van der Waals surface area contributed by atoms with E-state index in [0.29, 0.717) is 6.54 Å². The maximum Gasteiger partial charge on any atom is 0.222 e. The Balaban J connectivity index is 1.89. The highest BCUT2D eigenvalue weighted by molar-refractivity contribution is 5.77. The lowest BCUT2D eigenvalue weighted by atomic mass is 9.97. The fourth-order valence-corrected chi connectivity index (χ4v) is 3.10. The van der Waals surface area contributed by atoms with Crippen LogP contribution in [0.4, 0.5) is 5.82 Å². The van der Waals surface area contributed by atoms with Crippen LogP contribution in [0.1, 0.15) is 25.3 Å². The van der Waals surface area contributed by atoms with Crippen molar-refractivity contribution in [1.82, 2.24) is 10.2 Å². The lowest BCUT2D eigenvalue weighted by molar-refractivity contribution is -0.122. The number of carbonyl (C=O) groups is 1. The van der Waals surface area contributed by atoms with Crippen molar-refractivity contribution >= 4 is 11.7 Å². The molecule has 0 unspecified atom stereocenters. The zero-order valence-electron chi connectivity index (χ0n) is 13.4. The molecular weight excluding hydrogens is 288 g/mol. The first kappa shape index (κ1) is 15.5. The summed E-state index contributed by atoms with van der Waals surface area (Å²) in [5, 5.41) is 8.86. The average Bonchev–Trinajstić information content (AvgIpc) is 2.62. The normalized spacial score (nSPS) is 18.0. The molecule has 0 radical (unpaired) electrons. The highest BCUT2D eigenvalue weighted by atomic mass is 16.1. The Hall–Kier alpha value is -2.43. The van der Waals surface area contributed by atoms with E-state index >= 15 is 0 Å². The minimum atomic E-state index is -0.223. The second-order valence-electron chi connectivity index (χ2n) is 5.98. The molecule has 120 valence electrons. The first-order valence-corrected chi connectivity index (χ1v) is 8.15. The van der Waals surface area contributed by atoms with Crippen molar-refractivity contribution in [2.75, 3.05) is 18.0 Å². The Labute approximate surface area is 136 Å². The first-order chi connectivity index (χ1) is 11.2. The average molecular weight is 310 g/mol. The number of rotatable bonds is 4. The second-order valence-corrected chi connectivity index (χ2v) is 5.98. The number of nitrogens with zero attached hydrogens (tertiary/aromatic N) is 3. The number of primary amides is 1. The van der Waals surface area contributed by atoms with Crippen molar-refractivity contribution in [3.05, 3.63) is 42.0 Å². The summed E-state index contributed by atoms with van der Waals surface area (Å²) in [4.78, 5) is 13.6. The third-order valence-corrected chi connectivity index (χ3v) is 4.44. The highest BCUT2D eigenvalue weighted by Gasteiger charge is 2.25. The molecule has 0 bridgehead atoms. The van der Waals surface area contributed by atoms with E-state index in [0.717, 1.165) is 42.9 Å². The summed E-state index contributed by atoms with van der Waals surface area (Å²) in [5.41, 5.74) is 8.64. The molecule has 5 nitrogen and oxygen atoms in total. The smallest absolute Gasteiger partial charge is 0.222 e. The van der Waals surface area contributed by atoms with E-state index in [4.69, 9.17) is 5.73 Å². The predicted molar refractivity (Wildman–Crippen MR) is 91.0 cm³/mol. The number of aryl methyl sites for hydroxylation is 1. The van der Waals surface area contributed by atoms with Crippen LogP contribution >= 0.6 is 0 Å². The number of nitrogens with two attached hydrogens (primary N) is 1. The Morgan fingerprint density at radius 3 is 2.78 bits per heavy atom. The van der Waals surface area contributed by atoms with Gasteiger partial charge in [0.2, 0.25) is 5.91 Å². The van der Waals surface area contributed by atoms with Crippen LogP contribution in [-0.2, 0) is 11.2 Å². The van der Waals surface area contributed by atoms with E-state index in [1.165, 1.54) is 5.56 Å². The molecule has 2 N–H and O–H groups in total. The predicted octanol–water partition coefficient (Wildman–Crippen LogP) is 2.41. The summed E-state index contributed by atoms with van der Waals surface area (Å²) >= 11 is 0. The van der Waals surface area contributed by atoms with Crippen molar-refractivity contribution < 1.29 is 4.79 Å². The van der Waals surface area contributed by atoms with Crippen LogP contribution in [0.2, 0.25) is 0 Å². The molecule has 1 aromatic carbocycles. The van der Waals surface area contributed by atoms with Crippen molar-refractivity contribution in [2.24, 2.45) is 11.7 Å². The minimum Gasteiger partial charge on any atom is -0.369 e. The fraction of sp³-hybridized carbons (Fsp3) is 0.389. The van der Waals surface area contributed by atoms with Gasteiger partial charge >= 0.3 is 0 Å². The summed E-state index contributed by atoms with van der Waals surface area (Å²) in [6.07, 6.45) is 2.71. The molecular formula is C18H22N4O. The molecule has 3 rings (SSSR count). The summed E-state index contributed by atoms with van der Waals surface area (Å²) in [6.45, 7) is 3.65. The van der Waals surface area contributed by atoms with Gasteiger partial charge in [-0.1, -0.05) is 37.3 Å². The van der Waals surface area contributed by atoms with E-state index in [2.05, 4.69) is 28.1 Å². The van der Waals surface area contributed by atoms with Crippen LogP contribution in [0.5, 0.6) is 0 Å². The zero-order chi connectivity index (χ0) is 16.2. The standard InChI is InChI=1S/C18H22N4O/c1-2-13-11-16(22-10-6-9-15(12-22)18(19)23)20-21-17(13)14-7-4-3-5-8-14/h3-5,7-8,11,15H,2,6,9-10,12H2,1H3,(H2,19,23)/t15-/m0/s1. The van der Waals surface area contributed by atoms with E-state index in [9.17, 15) is 4.79 Å². The molecule has 23 heavy (non-hydrogen) atoms. The third-order valence-electron chi connectivity index (χ3n) is 4.44. The van der Waals surface area contributed by atoms with Crippen LogP contribution in [0.3, 0.4) is 0 Å². The molecule has 1 atom stereocenters. The Bertz CT molecular complexity index is 687. The summed E-state index contributed by atoms with van der Waals surface area (Å²) in [6, 6.07) is 12.2. The van der Waals surface area contributed by atoms with Gasteiger partial charge in [-0.15, -0.1) is 10.2 Å². The summed E-state index contributed by atoms with van der Waals surface area (Å²) < 4.78 is 0. The molecule has 1 fully saturated rings. The van der Waals surface area contributed by atoms with Crippen molar-refractivity contribution in [2.45, 2.75) is 26.2 Å². The molecule has 1 amide bonds. The van der Waals surface area contributed by atoms with Gasteiger partial charge in [-0.25, -0.2) is 0 Å². The van der Waals surface area contributed by atoms with Gasteiger partial charge in [0, 0.05) is 18.7 Å². The molecule has 1 aromatic heterocycles. The lowest BCUT2D eigenvalue weighted by Gasteiger charge is -2.32. The van der Waals surface area contributed by atoms with E-state index < -0.39 is 0 Å². The number of amides is 1. The number of anilines is 1. The van der Waals surface area contributed by atoms with Crippen molar-refractivity contribution in [3.8, 4) is 11.3 Å². The van der Waals surface area contributed by atoms with Gasteiger partial charge in [0.05, 0.1) is 11.6 Å². The zero-order valence-corrected chi connectivity index (χ0v) is 13.4. The SMILES string of the molecule is CCc1cc(N2CCC[C@H](C(N)=O)C2)nnc1-c1ccccc1. The van der Waals surface area contributed by atoms with Gasteiger partial charge in [0.25, 0.3) is 0 Å². The maximum atomic E-state index is 11.5. The Morgan fingerprint density at radius 1 is 1.30 bits per heavy atom. The number of carbonyl (C=O) groups excluding carboxylic acids is 1. The van der Waals surface area contributed by atoms with Gasteiger partial charge in [0.1, 0.15) is 0 Å². The Kier molecular flexibility index (Phi) is 4.55. The fourth-order valence-electron chi connectivity index (χ4n) is 3.10. The van der Waals surface area contributed by atoms with Gasteiger partial charge in [-0.3, -0.25) is 4.79 Å². The number of piperidine rings is 1. The third kappa shape index (κ3) is 3.33. The largest absolute Gasteiger partial charge is 0.369 e. The van der Waals surface area contributed by atoms with E-state index in [1.807, 2.05) is 30.3 Å². The molecule has 2 aromatic rings. The quantitative estimate of drug-likeness (QED) is 0.941. The molecule has 2 heterocycles. The van der Waals surface area contributed by atoms with Crippen molar-refractivity contribution in [3.63, 3.8) is 0 Å². The van der Waals surface area contributed by atoms with Gasteiger partial charge < -0.3 is 10.6 Å². The topological polar surface area (TPSA) is 72.1 Å². The Morgan fingerprint density at radius 2 is 2.09 bits per heavy atom. The van der Waals surface area contributed by atoms with Gasteiger partial charge in [-0.2, -0.15) is 0 Å². The van der Waals surface area contributed by atoms with Crippen LogP contribution in [0.15, 0.2) is 36.4 Å². The summed E-state index contributed by atoms with van der Waals surface area (Å²) in [7, 11) is 0. The lowest BCUT2D eigenvalue weighted by Crippen LogP contribution is -2.41. The second kappa shape index (κ2) is 6.77. The molecule has 5 heteroatoms. The van der Waals surface area contributed by atoms with Crippen LogP contribution in [0, 0.1) is 5.92 Å². The van der Waals surface area contributed by atoms with Crippen LogP contribution in [0.25, 0.3) is 11.3 Å². The van der Waals surface area contributed by atoms with Crippen LogP contribution < -0.4 is 10.6 Å². The number of aromatic nitrogens is 2.